The third-order valence-electron chi connectivity index (χ3n) is 15.2. The van der Waals surface area contributed by atoms with Crippen LogP contribution in [-0.2, 0) is 0 Å². The summed E-state index contributed by atoms with van der Waals surface area (Å²) in [5.74, 6) is -0.0248. The van der Waals surface area contributed by atoms with Gasteiger partial charge in [0.15, 0.2) is 0 Å². The largest absolute Gasteiger partial charge is 0.308 e. The van der Waals surface area contributed by atoms with Gasteiger partial charge in [-0.1, -0.05) is 105 Å². The summed E-state index contributed by atoms with van der Waals surface area (Å²) in [5.41, 5.74) is 28.6. The second-order valence-corrected chi connectivity index (χ2v) is 20.1. The van der Waals surface area contributed by atoms with Gasteiger partial charge in [-0.15, -0.1) is 0 Å². The van der Waals surface area contributed by atoms with Crippen LogP contribution in [0.25, 0.3) is 82.5 Å². The monoisotopic (exact) mass is 862 g/mol. The van der Waals surface area contributed by atoms with Crippen LogP contribution in [0.3, 0.4) is 0 Å². The summed E-state index contributed by atoms with van der Waals surface area (Å²) in [7, 11) is 0. The van der Waals surface area contributed by atoms with Crippen LogP contribution < -0.4 is 4.90 Å². The Labute approximate surface area is 390 Å². The van der Waals surface area contributed by atoms with Crippen molar-refractivity contribution < 1.29 is 0 Å². The number of aromatic nitrogens is 3. The lowest BCUT2D eigenvalue weighted by atomic mass is 9.76. The maximum Gasteiger partial charge on any atom is 0.0951 e. The smallest absolute Gasteiger partial charge is 0.0951 e. The number of benzene rings is 9. The molecule has 1 unspecified atom stereocenters. The summed E-state index contributed by atoms with van der Waals surface area (Å²) in [4.78, 5) is 2.54. The van der Waals surface area contributed by atoms with Crippen molar-refractivity contribution in [1.29, 1.82) is 0 Å². The molecule has 0 bridgehead atoms. The molecule has 3 aromatic heterocycles. The van der Waals surface area contributed by atoms with Crippen LogP contribution in [0, 0.1) is 55.4 Å². The summed E-state index contributed by atoms with van der Waals surface area (Å²) >= 11 is 0. The van der Waals surface area contributed by atoms with Crippen molar-refractivity contribution in [2.75, 3.05) is 4.90 Å². The van der Waals surface area contributed by atoms with E-state index in [9.17, 15) is 0 Å². The van der Waals surface area contributed by atoms with Crippen LogP contribution in [-0.4, -0.2) is 13.7 Å². The first-order valence-electron chi connectivity index (χ1n) is 23.8. The average molecular weight is 863 g/mol. The fourth-order valence-corrected chi connectivity index (χ4v) is 12.3. The molecule has 0 amide bonds. The molecular weight excluding hydrogens is 813 g/mol. The van der Waals surface area contributed by atoms with Gasteiger partial charge in [0, 0.05) is 55.2 Å². The third-order valence-corrected chi connectivity index (χ3v) is 15.2. The fraction of sp³-hybridized carbons (Fsp3) is 0.143. The first-order chi connectivity index (χ1) is 32.5. The number of hydrogen-bond donors (Lipinski definition) is 0. The average Bonchev–Trinajstić information content (AvgIpc) is 3.92. The minimum absolute atomic E-state index is 0.0248. The SMILES string of the molecule is Cc1ccc(N(c2ccc(C)cc2)c2cc3c4c(c2-n2c5ccc(C)cc5c5cc(C)ccc52)-n2c5ccc(C)cc5c5cc(C)cc(c52)C4c2cc(C)cc4c5cc(C)ccc5n-3c24)cc1. The van der Waals surface area contributed by atoms with Crippen molar-refractivity contribution in [2.24, 2.45) is 0 Å². The van der Waals surface area contributed by atoms with Crippen molar-refractivity contribution >= 4 is 82.5 Å². The van der Waals surface area contributed by atoms with Gasteiger partial charge in [-0.3, -0.25) is 0 Å². The summed E-state index contributed by atoms with van der Waals surface area (Å²) < 4.78 is 7.95. The molecule has 0 N–H and O–H groups in total. The Morgan fingerprint density at radius 2 is 0.701 bits per heavy atom. The van der Waals surface area contributed by atoms with Crippen molar-refractivity contribution in [2.45, 2.75) is 61.3 Å². The highest BCUT2D eigenvalue weighted by atomic mass is 15.2. The molecule has 0 spiro atoms. The first kappa shape index (κ1) is 38.4. The predicted octanol–water partition coefficient (Wildman–Crippen LogP) is 16.7. The summed E-state index contributed by atoms with van der Waals surface area (Å²) in [6, 6.07) is 59.0. The van der Waals surface area contributed by atoms with Gasteiger partial charge < -0.3 is 18.6 Å². The molecule has 2 aliphatic heterocycles. The van der Waals surface area contributed by atoms with Crippen LogP contribution in [0.4, 0.5) is 17.1 Å². The zero-order chi connectivity index (χ0) is 45.3. The molecule has 12 aromatic rings. The van der Waals surface area contributed by atoms with E-state index in [4.69, 9.17) is 0 Å². The number of anilines is 3. The van der Waals surface area contributed by atoms with Crippen molar-refractivity contribution in [3.8, 4) is 17.1 Å². The Hall–Kier alpha value is -7.82. The van der Waals surface area contributed by atoms with Gasteiger partial charge in [-0.05, 0) is 158 Å². The highest BCUT2D eigenvalue weighted by molar-refractivity contribution is 6.17. The topological polar surface area (TPSA) is 18.0 Å². The van der Waals surface area contributed by atoms with Crippen molar-refractivity contribution in [1.82, 2.24) is 13.7 Å². The Balaban J connectivity index is 1.30. The van der Waals surface area contributed by atoms with E-state index in [1.54, 1.807) is 0 Å². The second-order valence-electron chi connectivity index (χ2n) is 20.1. The fourth-order valence-electron chi connectivity index (χ4n) is 12.3. The van der Waals surface area contributed by atoms with Gasteiger partial charge >= 0.3 is 0 Å². The van der Waals surface area contributed by atoms with Crippen molar-refractivity contribution in [3.63, 3.8) is 0 Å². The number of fused-ring (bicyclic) bond motifs is 13. The molecule has 0 radical (unpaired) electrons. The zero-order valence-electron chi connectivity index (χ0n) is 39.3. The molecule has 322 valence electrons. The van der Waals surface area contributed by atoms with Crippen LogP contribution >= 0.6 is 0 Å². The third kappa shape index (κ3) is 5.19. The van der Waals surface area contributed by atoms with Gasteiger partial charge in [0.25, 0.3) is 0 Å². The molecule has 0 aliphatic carbocycles. The van der Waals surface area contributed by atoms with Gasteiger partial charge in [-0.25, -0.2) is 0 Å². The Bertz CT molecular complexity index is 4060. The number of nitrogens with zero attached hydrogens (tertiary/aromatic N) is 4. The predicted molar refractivity (Wildman–Crippen MR) is 283 cm³/mol. The van der Waals surface area contributed by atoms with E-state index in [0.29, 0.717) is 0 Å². The molecular formula is C63H50N4. The zero-order valence-corrected chi connectivity index (χ0v) is 39.3. The van der Waals surface area contributed by atoms with E-state index in [1.807, 2.05) is 0 Å². The van der Waals surface area contributed by atoms with Crippen LogP contribution in [0.15, 0.2) is 152 Å². The van der Waals surface area contributed by atoms with Gasteiger partial charge in [0.05, 0.1) is 55.8 Å². The van der Waals surface area contributed by atoms with E-state index in [2.05, 4.69) is 226 Å². The molecule has 1 atom stereocenters. The maximum absolute atomic E-state index is 2.68. The highest BCUT2D eigenvalue weighted by Crippen LogP contribution is 2.59. The molecule has 4 heteroatoms. The van der Waals surface area contributed by atoms with Gasteiger partial charge in [0.2, 0.25) is 0 Å². The van der Waals surface area contributed by atoms with Crippen LogP contribution in [0.2, 0.25) is 0 Å². The lowest BCUT2D eigenvalue weighted by Crippen LogP contribution is -2.25. The summed E-state index contributed by atoms with van der Waals surface area (Å²) in [5, 5.41) is 7.76. The molecule has 4 nitrogen and oxygen atoms in total. The number of aryl methyl sites for hydroxylation is 8. The maximum atomic E-state index is 2.68. The first-order valence-corrected chi connectivity index (χ1v) is 23.8. The van der Waals surface area contributed by atoms with Gasteiger partial charge in [0.1, 0.15) is 0 Å². The Morgan fingerprint density at radius 3 is 1.16 bits per heavy atom. The van der Waals surface area contributed by atoms with E-state index in [1.165, 1.54) is 144 Å². The Morgan fingerprint density at radius 1 is 0.328 bits per heavy atom. The molecule has 0 saturated carbocycles. The van der Waals surface area contributed by atoms with E-state index < -0.39 is 0 Å². The van der Waals surface area contributed by atoms with Crippen molar-refractivity contribution in [3.05, 3.63) is 213 Å². The lowest BCUT2D eigenvalue weighted by molar-refractivity contribution is 0.873. The van der Waals surface area contributed by atoms with E-state index >= 15 is 0 Å². The number of hydrogen-bond acceptors (Lipinski definition) is 1. The van der Waals surface area contributed by atoms with E-state index in [-0.39, 0.29) is 5.92 Å². The molecule has 9 aromatic carbocycles. The normalized spacial score (nSPS) is 13.8. The highest BCUT2D eigenvalue weighted by Gasteiger charge is 2.42. The molecule has 0 saturated heterocycles. The quantitative estimate of drug-likeness (QED) is 0.172. The molecule has 14 rings (SSSR count). The minimum Gasteiger partial charge on any atom is -0.308 e. The van der Waals surface area contributed by atoms with Crippen LogP contribution in [0.1, 0.15) is 67.1 Å². The summed E-state index contributed by atoms with van der Waals surface area (Å²) in [6.45, 7) is 17.9. The molecule has 0 fully saturated rings. The minimum atomic E-state index is -0.0248. The molecule has 2 aliphatic rings. The molecule has 67 heavy (non-hydrogen) atoms. The van der Waals surface area contributed by atoms with Crippen LogP contribution in [0.5, 0.6) is 0 Å². The standard InChI is InChI=1S/C63H50N4/c1-34-9-17-42(18-10-34)64(43-19-11-35(2)12-20-43)57-33-56-59-58(50-31-40(7)29-48-46-27-38(5)15-23-54(46)66(56)60(48)50)51-32-41(8)30-49-47-28-39(6)16-24-55(47)67(61(49)51)63(59)62(57)65-52-21-13-36(3)25-44(52)45-26-37(4)14-22-53(45)65/h9-33,58H,1-8H3. The van der Waals surface area contributed by atoms with E-state index in [0.717, 1.165) is 17.1 Å². The van der Waals surface area contributed by atoms with Gasteiger partial charge in [-0.2, -0.15) is 0 Å². The lowest BCUT2D eigenvalue weighted by Gasteiger charge is -2.39. The number of rotatable bonds is 4. The molecule has 5 heterocycles. The Kier molecular flexibility index (Phi) is 7.69. The summed E-state index contributed by atoms with van der Waals surface area (Å²) in [6.07, 6.45) is 0. The second kappa shape index (κ2) is 13.4.